The smallest absolute Gasteiger partial charge is 0.272 e. The highest BCUT2D eigenvalue weighted by Gasteiger charge is 2.28. The van der Waals surface area contributed by atoms with Gasteiger partial charge in [-0.25, -0.2) is 0 Å². The van der Waals surface area contributed by atoms with Gasteiger partial charge >= 0.3 is 0 Å². The Hall–Kier alpha value is -4.90. The highest BCUT2D eigenvalue weighted by molar-refractivity contribution is 8.00. The Morgan fingerprint density at radius 3 is 2.34 bits per heavy atom. The normalized spacial score (nSPS) is 13.5. The van der Waals surface area contributed by atoms with Crippen LogP contribution in [0.15, 0.2) is 119 Å². The molecule has 4 aromatic carbocycles. The van der Waals surface area contributed by atoms with Crippen molar-refractivity contribution in [2.24, 2.45) is 5.10 Å². The number of halogens is 2. The summed E-state index contributed by atoms with van der Waals surface area (Å²) < 4.78 is 0. The third-order valence-corrected chi connectivity index (χ3v) is 8.79. The summed E-state index contributed by atoms with van der Waals surface area (Å²) in [6.07, 6.45) is 1.96. The van der Waals surface area contributed by atoms with E-state index in [-0.39, 0.29) is 29.8 Å². The molecule has 0 spiro atoms. The molecular formula is C35H29Cl2N5O4S. The first kappa shape index (κ1) is 33.5. The molecule has 0 saturated carbocycles. The molecule has 3 N–H and O–H groups in total. The van der Waals surface area contributed by atoms with Crippen LogP contribution in [0.2, 0.25) is 10.0 Å². The van der Waals surface area contributed by atoms with Gasteiger partial charge in [0.2, 0.25) is 5.91 Å². The lowest BCUT2D eigenvalue weighted by atomic mass is 10.1. The number of nitrogens with one attached hydrogen (secondary N) is 3. The summed E-state index contributed by atoms with van der Waals surface area (Å²) in [7, 11) is 0. The summed E-state index contributed by atoms with van der Waals surface area (Å²) in [6.45, 7) is 1.88. The first-order valence-corrected chi connectivity index (χ1v) is 16.2. The van der Waals surface area contributed by atoms with Crippen LogP contribution in [0.3, 0.4) is 0 Å². The zero-order valence-electron chi connectivity index (χ0n) is 25.1. The van der Waals surface area contributed by atoms with Crippen LogP contribution in [-0.4, -0.2) is 34.7 Å². The van der Waals surface area contributed by atoms with Crippen LogP contribution in [0.4, 0.5) is 11.4 Å². The second-order valence-electron chi connectivity index (χ2n) is 10.3. The number of hydrazone groups is 1. The number of hydrogen-bond donors (Lipinski definition) is 3. The topological polar surface area (TPSA) is 120 Å². The van der Waals surface area contributed by atoms with E-state index < -0.39 is 17.1 Å². The number of anilines is 2. The van der Waals surface area contributed by atoms with Crippen molar-refractivity contribution in [2.75, 3.05) is 10.3 Å². The fraction of sp³-hybridized carbons (Fsp3) is 0.114. The van der Waals surface area contributed by atoms with Gasteiger partial charge in [0.05, 0.1) is 17.4 Å². The van der Waals surface area contributed by atoms with E-state index in [4.69, 9.17) is 23.2 Å². The second kappa shape index (κ2) is 15.6. The lowest BCUT2D eigenvalue weighted by Gasteiger charge is -2.16. The van der Waals surface area contributed by atoms with Gasteiger partial charge in [0, 0.05) is 26.2 Å². The van der Waals surface area contributed by atoms with Crippen molar-refractivity contribution in [3.05, 3.63) is 130 Å². The lowest BCUT2D eigenvalue weighted by Crippen LogP contribution is -2.36. The zero-order chi connectivity index (χ0) is 33.3. The maximum atomic E-state index is 13.5. The van der Waals surface area contributed by atoms with Crippen molar-refractivity contribution in [3.63, 3.8) is 0 Å². The van der Waals surface area contributed by atoms with Crippen LogP contribution in [0.5, 0.6) is 0 Å². The third kappa shape index (κ3) is 8.88. The van der Waals surface area contributed by atoms with Gasteiger partial charge in [0.1, 0.15) is 11.5 Å². The summed E-state index contributed by atoms with van der Waals surface area (Å²) in [6, 6.07) is 29.3. The van der Waals surface area contributed by atoms with E-state index in [1.54, 1.807) is 78.9 Å². The molecule has 0 aromatic heterocycles. The van der Waals surface area contributed by atoms with Crippen molar-refractivity contribution < 1.29 is 19.2 Å². The minimum Gasteiger partial charge on any atom is -0.321 e. The molecule has 0 aliphatic carbocycles. The molecule has 9 nitrogen and oxygen atoms in total. The van der Waals surface area contributed by atoms with Crippen molar-refractivity contribution in [1.29, 1.82) is 0 Å². The maximum Gasteiger partial charge on any atom is 0.272 e. The molecule has 1 heterocycles. The molecule has 47 heavy (non-hydrogen) atoms. The molecule has 0 bridgehead atoms. The Morgan fingerprint density at radius 1 is 0.915 bits per heavy atom. The van der Waals surface area contributed by atoms with E-state index in [0.717, 1.165) is 4.90 Å². The molecule has 0 fully saturated rings. The zero-order valence-corrected chi connectivity index (χ0v) is 27.4. The average Bonchev–Trinajstić information content (AvgIpc) is 3.44. The third-order valence-electron chi connectivity index (χ3n) is 6.87. The minimum absolute atomic E-state index is 0.0128. The van der Waals surface area contributed by atoms with Gasteiger partial charge in [-0.05, 0) is 72.7 Å². The Kier molecular flexibility index (Phi) is 11.1. The van der Waals surface area contributed by atoms with Crippen molar-refractivity contribution in [1.82, 2.24) is 10.6 Å². The van der Waals surface area contributed by atoms with Crippen LogP contribution >= 0.6 is 35.0 Å². The van der Waals surface area contributed by atoms with E-state index >= 15 is 0 Å². The molecule has 0 saturated heterocycles. The highest BCUT2D eigenvalue weighted by Crippen LogP contribution is 2.29. The quantitative estimate of drug-likeness (QED) is 0.121. The summed E-state index contributed by atoms with van der Waals surface area (Å²) in [5.74, 6) is -1.30. The highest BCUT2D eigenvalue weighted by atomic mass is 35.5. The van der Waals surface area contributed by atoms with Gasteiger partial charge in [-0.1, -0.05) is 78.7 Å². The molecule has 0 radical (unpaired) electrons. The fourth-order valence-electron chi connectivity index (χ4n) is 4.54. The molecule has 238 valence electrons. The number of carbonyl (C=O) groups excluding carboxylic acids is 4. The number of amides is 4. The largest absolute Gasteiger partial charge is 0.321 e. The van der Waals surface area contributed by atoms with E-state index in [0.29, 0.717) is 39.0 Å². The second-order valence-corrected chi connectivity index (χ2v) is 12.4. The van der Waals surface area contributed by atoms with E-state index in [1.165, 1.54) is 22.8 Å². The molecule has 4 aromatic rings. The first-order valence-electron chi connectivity index (χ1n) is 14.6. The number of amidine groups is 1. The van der Waals surface area contributed by atoms with E-state index in [1.807, 2.05) is 31.2 Å². The van der Waals surface area contributed by atoms with Gasteiger partial charge in [0.25, 0.3) is 17.7 Å². The van der Waals surface area contributed by atoms with Crippen molar-refractivity contribution in [2.45, 2.75) is 29.9 Å². The van der Waals surface area contributed by atoms with Gasteiger partial charge < -0.3 is 16.0 Å². The molecular weight excluding hydrogens is 657 g/mol. The number of benzene rings is 4. The number of thioether (sulfide) groups is 1. The molecule has 4 amide bonds. The molecule has 1 unspecified atom stereocenters. The number of rotatable bonds is 10. The lowest BCUT2D eigenvalue weighted by molar-refractivity contribution is -0.119. The van der Waals surface area contributed by atoms with Crippen LogP contribution in [-0.2, 0) is 14.4 Å². The maximum absolute atomic E-state index is 13.5. The molecule has 5 rings (SSSR count). The Labute approximate surface area is 286 Å². The van der Waals surface area contributed by atoms with Crippen LogP contribution in [0, 0.1) is 0 Å². The fourth-order valence-corrected chi connectivity index (χ4v) is 6.02. The van der Waals surface area contributed by atoms with Gasteiger partial charge in [-0.15, -0.1) is 11.8 Å². The van der Waals surface area contributed by atoms with Crippen LogP contribution in [0.25, 0.3) is 6.08 Å². The van der Waals surface area contributed by atoms with Gasteiger partial charge in [0.15, 0.2) is 0 Å². The minimum atomic E-state index is -0.584. The molecule has 1 aliphatic heterocycles. The van der Waals surface area contributed by atoms with E-state index in [9.17, 15) is 19.2 Å². The Bertz CT molecular complexity index is 1870. The van der Waals surface area contributed by atoms with Crippen molar-refractivity contribution in [3.8, 4) is 0 Å². The summed E-state index contributed by atoms with van der Waals surface area (Å²) in [5, 5.41) is 14.1. The summed E-state index contributed by atoms with van der Waals surface area (Å²) in [4.78, 5) is 53.0. The predicted molar refractivity (Wildman–Crippen MR) is 187 cm³/mol. The van der Waals surface area contributed by atoms with Crippen LogP contribution < -0.4 is 21.0 Å². The predicted octanol–water partition coefficient (Wildman–Crippen LogP) is 7.14. The molecule has 12 heteroatoms. The SMILES string of the molecule is CCC(Sc1cccc(NC(=O)/C(=C\c2ccc(Cl)cc2Cl)NC(=O)c2ccccc2)c1)C(=O)NC1=NN(c2ccccc2)C(=O)C1. The summed E-state index contributed by atoms with van der Waals surface area (Å²) in [5.41, 5.74) is 1.88. The molecule has 1 aliphatic rings. The first-order chi connectivity index (χ1) is 22.7. The number of para-hydroxylation sites is 1. The Balaban J connectivity index is 1.29. The monoisotopic (exact) mass is 685 g/mol. The number of nitrogens with zero attached hydrogens (tertiary/aromatic N) is 2. The number of hydrogen-bond acceptors (Lipinski definition) is 6. The van der Waals surface area contributed by atoms with Gasteiger partial charge in [-0.3, -0.25) is 19.2 Å². The van der Waals surface area contributed by atoms with Crippen molar-refractivity contribution >= 4 is 81.9 Å². The molecule has 1 atom stereocenters. The van der Waals surface area contributed by atoms with E-state index in [2.05, 4.69) is 21.1 Å². The van der Waals surface area contributed by atoms with Gasteiger partial charge in [-0.2, -0.15) is 10.1 Å². The number of carbonyl (C=O) groups is 4. The standard InChI is InChI=1S/C35H29Cl2N5O4S/c1-2-30(35(46)40-31-21-32(43)42(41-31)26-13-7-4-8-14-26)47-27-15-9-12-25(20-27)38-34(45)29(18-23-16-17-24(36)19-28(23)37)39-33(44)22-10-5-3-6-11-22/h3-20,30H,2,21H2,1H3,(H,38,45)(H,39,44)(H,40,41,46)/b29-18+. The average molecular weight is 687 g/mol. The van der Waals surface area contributed by atoms with Crippen LogP contribution in [0.1, 0.15) is 35.7 Å². The Morgan fingerprint density at radius 2 is 1.64 bits per heavy atom. The summed E-state index contributed by atoms with van der Waals surface area (Å²) >= 11 is 13.7.